The molecule has 7 nitrogen and oxygen atoms in total. The summed E-state index contributed by atoms with van der Waals surface area (Å²) < 4.78 is 65.7. The van der Waals surface area contributed by atoms with Crippen molar-refractivity contribution in [3.05, 3.63) is 70.2 Å². The van der Waals surface area contributed by atoms with Crippen molar-refractivity contribution in [1.82, 2.24) is 14.5 Å². The molecule has 0 amide bonds. The summed E-state index contributed by atoms with van der Waals surface area (Å²) in [6, 6.07) is 7.61. The summed E-state index contributed by atoms with van der Waals surface area (Å²) >= 11 is 0. The molecule has 0 N–H and O–H groups in total. The normalized spacial score (nSPS) is 19.3. The highest BCUT2D eigenvalue weighted by molar-refractivity contribution is 5.48. The van der Waals surface area contributed by atoms with E-state index >= 15 is 0 Å². The molecule has 2 aromatic heterocycles. The lowest BCUT2D eigenvalue weighted by Gasteiger charge is -2.42. The van der Waals surface area contributed by atoms with Crippen molar-refractivity contribution in [2.45, 2.75) is 51.1 Å². The van der Waals surface area contributed by atoms with Crippen LogP contribution in [-0.2, 0) is 19.3 Å². The van der Waals surface area contributed by atoms with Crippen LogP contribution in [0.1, 0.15) is 37.4 Å². The summed E-state index contributed by atoms with van der Waals surface area (Å²) in [4.78, 5) is 22.0. The average molecular weight is 490 g/mol. The van der Waals surface area contributed by atoms with Gasteiger partial charge in [-0.1, -0.05) is 6.07 Å². The van der Waals surface area contributed by atoms with Crippen LogP contribution in [0.4, 0.5) is 23.4 Å². The number of rotatable bonds is 5. The highest BCUT2D eigenvalue weighted by atomic mass is 19.4. The third-order valence-electron chi connectivity index (χ3n) is 6.50. The van der Waals surface area contributed by atoms with Crippen LogP contribution < -0.4 is 20.1 Å². The zero-order valence-corrected chi connectivity index (χ0v) is 18.8. The van der Waals surface area contributed by atoms with Crippen molar-refractivity contribution >= 4 is 5.82 Å². The molecule has 0 aliphatic carbocycles. The Morgan fingerprint density at radius 3 is 2.71 bits per heavy atom. The van der Waals surface area contributed by atoms with Crippen LogP contribution in [0.25, 0.3) is 0 Å². The zero-order valence-electron chi connectivity index (χ0n) is 18.8. The van der Waals surface area contributed by atoms with Gasteiger partial charge in [-0.15, -0.1) is 0 Å². The van der Waals surface area contributed by atoms with Crippen LogP contribution in [0.5, 0.6) is 17.4 Å². The quantitative estimate of drug-likeness (QED) is 0.473. The number of hydrogen-bond donors (Lipinski definition) is 0. The fourth-order valence-corrected chi connectivity index (χ4v) is 4.64. The molecular formula is C24H22F4N4O3. The minimum absolute atomic E-state index is 0.0136. The van der Waals surface area contributed by atoms with Gasteiger partial charge in [0.25, 0.3) is 0 Å². The number of anilines is 1. The Balaban J connectivity index is 1.30. The molecule has 0 spiro atoms. The van der Waals surface area contributed by atoms with Crippen molar-refractivity contribution in [2.75, 3.05) is 11.4 Å². The van der Waals surface area contributed by atoms with Gasteiger partial charge in [-0.05, 0) is 49.9 Å². The molecule has 1 atom stereocenters. The third kappa shape index (κ3) is 4.54. The van der Waals surface area contributed by atoms with E-state index in [2.05, 4.69) is 21.8 Å². The molecule has 2 aliphatic heterocycles. The molecule has 1 fully saturated rings. The second kappa shape index (κ2) is 8.54. The molecule has 35 heavy (non-hydrogen) atoms. The Hall–Kier alpha value is -3.63. The first-order chi connectivity index (χ1) is 16.6. The number of alkyl halides is 3. The summed E-state index contributed by atoms with van der Waals surface area (Å²) in [6.45, 7) is 3.59. The summed E-state index contributed by atoms with van der Waals surface area (Å²) in [6.07, 6.45) is -0.707. The van der Waals surface area contributed by atoms with Gasteiger partial charge in [-0.3, -0.25) is 9.55 Å². The van der Waals surface area contributed by atoms with Gasteiger partial charge in [0.1, 0.15) is 23.9 Å². The molecule has 2 aliphatic rings. The smallest absolute Gasteiger partial charge is 0.433 e. The molecule has 11 heteroatoms. The van der Waals surface area contributed by atoms with Gasteiger partial charge in [0.15, 0.2) is 11.6 Å². The predicted molar refractivity (Wildman–Crippen MR) is 118 cm³/mol. The summed E-state index contributed by atoms with van der Waals surface area (Å²) in [5.74, 6) is -0.288. The van der Waals surface area contributed by atoms with E-state index in [9.17, 15) is 22.4 Å². The molecule has 5 rings (SSSR count). The fourth-order valence-electron chi connectivity index (χ4n) is 4.64. The number of pyridine rings is 1. The molecule has 4 heterocycles. The van der Waals surface area contributed by atoms with Crippen molar-refractivity contribution in [3.63, 3.8) is 0 Å². The number of benzene rings is 1. The minimum atomic E-state index is -4.64. The van der Waals surface area contributed by atoms with Crippen LogP contribution in [0.15, 0.2) is 47.4 Å². The molecule has 3 aromatic rings. The molecular weight excluding hydrogens is 468 g/mol. The van der Waals surface area contributed by atoms with Gasteiger partial charge in [0.05, 0.1) is 0 Å². The lowest BCUT2D eigenvalue weighted by Crippen LogP contribution is -2.49. The number of nitrogens with zero attached hydrogens (tertiary/aromatic N) is 4. The molecule has 1 unspecified atom stereocenters. The fraction of sp³-hybridized carbons (Fsp3) is 0.375. The first-order valence-corrected chi connectivity index (χ1v) is 11.1. The average Bonchev–Trinajstić information content (AvgIpc) is 3.21. The highest BCUT2D eigenvalue weighted by Crippen LogP contribution is 2.40. The van der Waals surface area contributed by atoms with Crippen molar-refractivity contribution in [1.29, 1.82) is 0 Å². The second-order valence-corrected chi connectivity index (χ2v) is 8.92. The van der Waals surface area contributed by atoms with E-state index in [1.54, 1.807) is 10.6 Å². The van der Waals surface area contributed by atoms with Gasteiger partial charge in [0, 0.05) is 37.0 Å². The minimum Gasteiger partial charge on any atom is -0.473 e. The van der Waals surface area contributed by atoms with Crippen LogP contribution in [0.3, 0.4) is 0 Å². The molecule has 1 aromatic carbocycles. The summed E-state index contributed by atoms with van der Waals surface area (Å²) in [5.41, 5.74) is -1.08. The first-order valence-electron chi connectivity index (χ1n) is 11.1. The number of ether oxygens (including phenoxy) is 2. The van der Waals surface area contributed by atoms with Crippen LogP contribution in [0.2, 0.25) is 0 Å². The van der Waals surface area contributed by atoms with E-state index in [0.717, 1.165) is 43.9 Å². The second-order valence-electron chi connectivity index (χ2n) is 8.92. The molecule has 0 radical (unpaired) electrons. The predicted octanol–water partition coefficient (Wildman–Crippen LogP) is 4.93. The van der Waals surface area contributed by atoms with Crippen LogP contribution in [0, 0.1) is 5.82 Å². The SMILES string of the molecule is CC12CCCN1c1cc(OCc3ccc(Oc4ccnc(C(F)(F)F)c4)c(F)c3)nc(=O)n1CC2. The molecule has 0 bridgehead atoms. The van der Waals surface area contributed by atoms with E-state index in [1.165, 1.54) is 18.2 Å². The van der Waals surface area contributed by atoms with E-state index < -0.39 is 23.4 Å². The number of fused-ring (bicyclic) bond motifs is 3. The van der Waals surface area contributed by atoms with Crippen LogP contribution >= 0.6 is 0 Å². The van der Waals surface area contributed by atoms with E-state index in [4.69, 9.17) is 9.47 Å². The van der Waals surface area contributed by atoms with Crippen LogP contribution in [-0.4, -0.2) is 26.6 Å². The lowest BCUT2D eigenvalue weighted by molar-refractivity contribution is -0.141. The Morgan fingerprint density at radius 2 is 1.94 bits per heavy atom. The van der Waals surface area contributed by atoms with Crippen molar-refractivity contribution in [2.24, 2.45) is 0 Å². The number of halogens is 4. The highest BCUT2D eigenvalue weighted by Gasteiger charge is 2.41. The Kier molecular flexibility index (Phi) is 5.65. The maximum absolute atomic E-state index is 14.6. The number of aromatic nitrogens is 3. The first kappa shape index (κ1) is 23.1. The van der Waals surface area contributed by atoms with Gasteiger partial charge < -0.3 is 14.4 Å². The van der Waals surface area contributed by atoms with Gasteiger partial charge in [-0.2, -0.15) is 18.2 Å². The molecule has 1 saturated heterocycles. The van der Waals surface area contributed by atoms with E-state index in [-0.39, 0.29) is 29.5 Å². The number of hydrogen-bond acceptors (Lipinski definition) is 6. The zero-order chi connectivity index (χ0) is 24.8. The van der Waals surface area contributed by atoms with Gasteiger partial charge in [0.2, 0.25) is 5.88 Å². The maximum Gasteiger partial charge on any atom is 0.433 e. The van der Waals surface area contributed by atoms with Crippen molar-refractivity contribution < 1.29 is 27.0 Å². The Bertz CT molecular complexity index is 1330. The Morgan fingerprint density at radius 1 is 1.11 bits per heavy atom. The van der Waals surface area contributed by atoms with Gasteiger partial charge >= 0.3 is 11.9 Å². The molecule has 184 valence electrons. The Labute approximate surface area is 197 Å². The summed E-state index contributed by atoms with van der Waals surface area (Å²) in [7, 11) is 0. The molecule has 0 saturated carbocycles. The van der Waals surface area contributed by atoms with Gasteiger partial charge in [-0.25, -0.2) is 9.18 Å². The standard InChI is InChI=1S/C24H22F4N4O3/c1-23-6-2-9-32(23)21-13-20(30-22(33)31(21)10-7-23)34-14-15-3-4-18(17(25)11-15)35-16-5-8-29-19(12-16)24(26,27)28/h3-5,8,11-13H,2,6-7,9-10,14H2,1H3. The third-order valence-corrected chi connectivity index (χ3v) is 6.50. The van der Waals surface area contributed by atoms with E-state index in [0.29, 0.717) is 18.2 Å². The lowest BCUT2D eigenvalue weighted by atomic mass is 9.93. The van der Waals surface area contributed by atoms with E-state index in [1.807, 2.05) is 0 Å². The summed E-state index contributed by atoms with van der Waals surface area (Å²) in [5, 5.41) is 0. The topological polar surface area (TPSA) is 69.5 Å². The maximum atomic E-state index is 14.6. The largest absolute Gasteiger partial charge is 0.473 e. The van der Waals surface area contributed by atoms with Crippen molar-refractivity contribution in [3.8, 4) is 17.4 Å². The monoisotopic (exact) mass is 490 g/mol.